The van der Waals surface area contributed by atoms with Crippen LogP contribution in [0, 0.1) is 19.8 Å². The van der Waals surface area contributed by atoms with Gasteiger partial charge in [-0.15, -0.1) is 10.2 Å². The zero-order valence-corrected chi connectivity index (χ0v) is 21.6. The van der Waals surface area contributed by atoms with Crippen LogP contribution < -0.4 is 9.04 Å². The molecular formula is C25H27ClN6O2S. The SMILES string of the molecule is Cc1cc(OCc2ccc(-c3nn[nH]n3)cc2Cl)c(N(CC(C)C)S(=O)c2cccnc2)cc1C. The summed E-state index contributed by atoms with van der Waals surface area (Å²) in [6.07, 6.45) is 3.31. The highest BCUT2D eigenvalue weighted by Crippen LogP contribution is 2.35. The molecule has 0 aliphatic carbocycles. The van der Waals surface area contributed by atoms with Gasteiger partial charge >= 0.3 is 0 Å². The van der Waals surface area contributed by atoms with E-state index in [0.717, 1.165) is 27.9 Å². The van der Waals surface area contributed by atoms with Gasteiger partial charge < -0.3 is 4.74 Å². The second kappa shape index (κ2) is 11.0. The molecule has 0 aliphatic rings. The monoisotopic (exact) mass is 510 g/mol. The van der Waals surface area contributed by atoms with Crippen molar-refractivity contribution >= 4 is 28.3 Å². The van der Waals surface area contributed by atoms with Crippen molar-refractivity contribution in [3.8, 4) is 17.1 Å². The topological polar surface area (TPSA) is 96.9 Å². The minimum Gasteiger partial charge on any atom is -0.487 e. The molecule has 2 aromatic heterocycles. The number of anilines is 1. The number of pyridine rings is 1. The second-order valence-electron chi connectivity index (χ2n) is 8.63. The number of ether oxygens (including phenoxy) is 1. The maximum Gasteiger partial charge on any atom is 0.204 e. The van der Waals surface area contributed by atoms with Gasteiger partial charge in [0.15, 0.2) is 11.0 Å². The molecule has 2 aromatic carbocycles. The molecule has 2 heterocycles. The van der Waals surface area contributed by atoms with Gasteiger partial charge in [-0.25, -0.2) is 4.21 Å². The molecule has 0 saturated carbocycles. The number of halogens is 1. The Morgan fingerprint density at radius 3 is 2.60 bits per heavy atom. The molecule has 0 radical (unpaired) electrons. The molecule has 0 fully saturated rings. The molecule has 8 nitrogen and oxygen atoms in total. The lowest BCUT2D eigenvalue weighted by molar-refractivity contribution is 0.307. The van der Waals surface area contributed by atoms with E-state index in [9.17, 15) is 4.21 Å². The van der Waals surface area contributed by atoms with E-state index in [-0.39, 0.29) is 12.5 Å². The Hall–Kier alpha value is -3.30. The van der Waals surface area contributed by atoms with Crippen LogP contribution in [0.3, 0.4) is 0 Å². The highest BCUT2D eigenvalue weighted by molar-refractivity contribution is 7.86. The number of tetrazole rings is 1. The molecular weight excluding hydrogens is 484 g/mol. The van der Waals surface area contributed by atoms with Crippen LogP contribution in [0.2, 0.25) is 5.02 Å². The van der Waals surface area contributed by atoms with Gasteiger partial charge in [-0.05, 0) is 66.4 Å². The van der Waals surface area contributed by atoms with Crippen molar-refractivity contribution in [1.82, 2.24) is 25.6 Å². The van der Waals surface area contributed by atoms with Gasteiger partial charge in [-0.3, -0.25) is 9.29 Å². The average molecular weight is 511 g/mol. The number of nitrogens with one attached hydrogen (secondary N) is 1. The number of hydrogen-bond acceptors (Lipinski definition) is 6. The van der Waals surface area contributed by atoms with Crippen molar-refractivity contribution in [3.63, 3.8) is 0 Å². The largest absolute Gasteiger partial charge is 0.487 e. The third-order valence-corrected chi connectivity index (χ3v) is 7.19. The van der Waals surface area contributed by atoms with Crippen molar-refractivity contribution in [2.45, 2.75) is 39.2 Å². The first-order valence-electron chi connectivity index (χ1n) is 11.2. The fraction of sp³-hybridized carbons (Fsp3) is 0.280. The molecule has 182 valence electrons. The van der Waals surface area contributed by atoms with Gasteiger partial charge in [0.25, 0.3) is 0 Å². The summed E-state index contributed by atoms with van der Waals surface area (Å²) in [5.74, 6) is 1.39. The second-order valence-corrected chi connectivity index (χ2v) is 10.4. The minimum atomic E-state index is -1.45. The van der Waals surface area contributed by atoms with Gasteiger partial charge in [-0.2, -0.15) is 5.21 Å². The normalized spacial score (nSPS) is 12.1. The lowest BCUT2D eigenvalue weighted by atomic mass is 10.1. The summed E-state index contributed by atoms with van der Waals surface area (Å²) in [7, 11) is -1.45. The zero-order valence-electron chi connectivity index (χ0n) is 20.0. The van der Waals surface area contributed by atoms with Crippen molar-refractivity contribution in [2.24, 2.45) is 5.92 Å². The smallest absolute Gasteiger partial charge is 0.204 e. The fourth-order valence-electron chi connectivity index (χ4n) is 3.49. The Bertz CT molecular complexity index is 1320. The van der Waals surface area contributed by atoms with Crippen LogP contribution in [0.25, 0.3) is 11.4 Å². The van der Waals surface area contributed by atoms with Gasteiger partial charge in [-0.1, -0.05) is 37.6 Å². The molecule has 1 atom stereocenters. The minimum absolute atomic E-state index is 0.246. The number of aromatic amines is 1. The van der Waals surface area contributed by atoms with Crippen LogP contribution in [-0.2, 0) is 17.6 Å². The summed E-state index contributed by atoms with van der Waals surface area (Å²) in [5.41, 5.74) is 4.51. The first kappa shape index (κ1) is 24.8. The van der Waals surface area contributed by atoms with Gasteiger partial charge in [0.2, 0.25) is 5.82 Å². The van der Waals surface area contributed by atoms with Crippen molar-refractivity contribution in [2.75, 3.05) is 10.8 Å². The third-order valence-electron chi connectivity index (χ3n) is 5.45. The molecule has 1 N–H and O–H groups in total. The van der Waals surface area contributed by atoms with E-state index < -0.39 is 11.0 Å². The van der Waals surface area contributed by atoms with Crippen molar-refractivity contribution in [1.29, 1.82) is 0 Å². The molecule has 4 rings (SSSR count). The third kappa shape index (κ3) is 5.86. The van der Waals surface area contributed by atoms with Gasteiger partial charge in [0.05, 0.1) is 10.6 Å². The molecule has 0 bridgehead atoms. The van der Waals surface area contributed by atoms with E-state index in [2.05, 4.69) is 39.5 Å². The number of aromatic nitrogens is 5. The van der Waals surface area contributed by atoms with Gasteiger partial charge in [0, 0.05) is 35.1 Å². The molecule has 4 aromatic rings. The first-order chi connectivity index (χ1) is 16.8. The van der Waals surface area contributed by atoms with Crippen LogP contribution in [0.15, 0.2) is 59.8 Å². The quantitative estimate of drug-likeness (QED) is 0.328. The van der Waals surface area contributed by atoms with Crippen LogP contribution in [0.1, 0.15) is 30.5 Å². The molecule has 0 aliphatic heterocycles. The number of H-pyrrole nitrogens is 1. The van der Waals surface area contributed by atoms with Crippen LogP contribution in [0.5, 0.6) is 5.75 Å². The highest BCUT2D eigenvalue weighted by atomic mass is 35.5. The Morgan fingerprint density at radius 1 is 1.14 bits per heavy atom. The van der Waals surface area contributed by atoms with E-state index in [0.29, 0.717) is 28.0 Å². The van der Waals surface area contributed by atoms with E-state index in [1.54, 1.807) is 24.5 Å². The van der Waals surface area contributed by atoms with Crippen LogP contribution in [0.4, 0.5) is 5.69 Å². The predicted molar refractivity (Wildman–Crippen MR) is 138 cm³/mol. The number of nitrogens with zero attached hydrogens (tertiary/aromatic N) is 5. The molecule has 0 spiro atoms. The number of benzene rings is 2. The van der Waals surface area contributed by atoms with Crippen LogP contribution >= 0.6 is 11.6 Å². The summed E-state index contributed by atoms with van der Waals surface area (Å²) >= 11 is 6.54. The number of hydrogen-bond donors (Lipinski definition) is 1. The van der Waals surface area contributed by atoms with E-state index in [1.807, 2.05) is 48.5 Å². The Balaban J connectivity index is 1.65. The Kier molecular flexibility index (Phi) is 7.77. The zero-order chi connectivity index (χ0) is 24.9. The Labute approximate surface area is 212 Å². The first-order valence-corrected chi connectivity index (χ1v) is 12.7. The molecule has 1 unspecified atom stereocenters. The van der Waals surface area contributed by atoms with Gasteiger partial charge in [0.1, 0.15) is 12.4 Å². The molecule has 35 heavy (non-hydrogen) atoms. The van der Waals surface area contributed by atoms with Crippen molar-refractivity contribution in [3.05, 3.63) is 76.6 Å². The number of rotatable bonds is 9. The lowest BCUT2D eigenvalue weighted by Gasteiger charge is -2.28. The van der Waals surface area contributed by atoms with Crippen LogP contribution in [-0.4, -0.2) is 36.4 Å². The average Bonchev–Trinajstić information content (AvgIpc) is 3.39. The summed E-state index contributed by atoms with van der Waals surface area (Å²) < 4.78 is 21.8. The standard InChI is InChI=1S/C25H27ClN6O2S/c1-16(2)14-32(35(33)21-6-5-9-27-13-21)23-10-17(3)18(4)11-24(23)34-15-20-8-7-19(12-22(20)26)25-28-30-31-29-25/h5-13,16H,14-15H2,1-4H3,(H,28,29,30,31). The maximum absolute atomic E-state index is 13.6. The maximum atomic E-state index is 13.6. The fourth-order valence-corrected chi connectivity index (χ4v) is 5.08. The molecule has 0 amide bonds. The molecule has 0 saturated heterocycles. The number of aryl methyl sites for hydroxylation is 2. The predicted octanol–water partition coefficient (Wildman–Crippen LogP) is 5.30. The summed E-state index contributed by atoms with van der Waals surface area (Å²) in [4.78, 5) is 4.78. The summed E-state index contributed by atoms with van der Waals surface area (Å²) in [6, 6.07) is 13.2. The van der Waals surface area contributed by atoms with E-state index in [1.165, 1.54) is 0 Å². The lowest BCUT2D eigenvalue weighted by Crippen LogP contribution is -2.30. The Morgan fingerprint density at radius 2 is 1.94 bits per heavy atom. The highest BCUT2D eigenvalue weighted by Gasteiger charge is 2.22. The van der Waals surface area contributed by atoms with E-state index >= 15 is 0 Å². The molecule has 10 heteroatoms. The summed E-state index contributed by atoms with van der Waals surface area (Å²) in [6.45, 7) is 9.09. The van der Waals surface area contributed by atoms with E-state index in [4.69, 9.17) is 16.3 Å². The van der Waals surface area contributed by atoms with Crippen molar-refractivity contribution < 1.29 is 8.95 Å². The summed E-state index contributed by atoms with van der Waals surface area (Å²) in [5, 5.41) is 14.5.